The summed E-state index contributed by atoms with van der Waals surface area (Å²) in [6.45, 7) is 4.97. The van der Waals surface area contributed by atoms with E-state index in [-0.39, 0.29) is 23.9 Å². The molecule has 0 spiro atoms. The van der Waals surface area contributed by atoms with Crippen molar-refractivity contribution in [1.82, 2.24) is 19.8 Å². The van der Waals surface area contributed by atoms with Crippen LogP contribution in [-0.4, -0.2) is 56.8 Å². The number of nitrogens with zero attached hydrogens (tertiary/aromatic N) is 4. The summed E-state index contributed by atoms with van der Waals surface area (Å²) in [5.74, 6) is -0.0412. The minimum atomic E-state index is -0.0485. The normalized spacial score (nSPS) is 20.8. The lowest BCUT2D eigenvalue weighted by Crippen LogP contribution is -2.59. The first-order valence-electron chi connectivity index (χ1n) is 8.00. The highest BCUT2D eigenvalue weighted by Crippen LogP contribution is 2.20. The molecule has 0 N–H and O–H groups in total. The number of aromatic nitrogens is 2. The van der Waals surface area contributed by atoms with Crippen molar-refractivity contribution in [3.05, 3.63) is 60.2 Å². The first kappa shape index (κ1) is 16.1. The molecule has 2 aromatic rings. The number of carbonyl (C=O) groups excluding carboxylic acids is 2. The molecule has 6 heteroatoms. The zero-order valence-corrected chi connectivity index (χ0v) is 13.8. The van der Waals surface area contributed by atoms with Crippen LogP contribution in [0.4, 0.5) is 0 Å². The summed E-state index contributed by atoms with van der Waals surface area (Å²) in [5, 5.41) is 0. The van der Waals surface area contributed by atoms with Crippen molar-refractivity contribution >= 4 is 11.8 Å². The predicted octanol–water partition coefficient (Wildman–Crippen LogP) is 1.85. The Labute approximate surface area is 141 Å². The van der Waals surface area contributed by atoms with E-state index in [1.54, 1.807) is 49.1 Å². The van der Waals surface area contributed by atoms with E-state index in [9.17, 15) is 9.59 Å². The van der Waals surface area contributed by atoms with Gasteiger partial charge in [0.05, 0.1) is 0 Å². The third-order valence-electron chi connectivity index (χ3n) is 4.36. The topological polar surface area (TPSA) is 66.4 Å². The van der Waals surface area contributed by atoms with Gasteiger partial charge in [0.25, 0.3) is 11.8 Å². The molecule has 1 fully saturated rings. The second-order valence-corrected chi connectivity index (χ2v) is 6.08. The first-order valence-corrected chi connectivity index (χ1v) is 8.00. The van der Waals surface area contributed by atoms with Gasteiger partial charge in [-0.25, -0.2) is 0 Å². The summed E-state index contributed by atoms with van der Waals surface area (Å²) >= 11 is 0. The smallest absolute Gasteiger partial charge is 0.254 e. The molecule has 2 atom stereocenters. The third-order valence-corrected chi connectivity index (χ3v) is 4.36. The van der Waals surface area contributed by atoms with Gasteiger partial charge in [0.1, 0.15) is 0 Å². The second kappa shape index (κ2) is 6.78. The number of piperazine rings is 1. The van der Waals surface area contributed by atoms with Gasteiger partial charge < -0.3 is 9.80 Å². The third kappa shape index (κ3) is 3.13. The number of hydrogen-bond donors (Lipinski definition) is 0. The van der Waals surface area contributed by atoms with Gasteiger partial charge in [-0.3, -0.25) is 19.6 Å². The molecule has 0 bridgehead atoms. The van der Waals surface area contributed by atoms with Crippen molar-refractivity contribution in [1.29, 1.82) is 0 Å². The summed E-state index contributed by atoms with van der Waals surface area (Å²) < 4.78 is 0. The van der Waals surface area contributed by atoms with Gasteiger partial charge in [-0.1, -0.05) is 0 Å². The van der Waals surface area contributed by atoms with E-state index in [0.29, 0.717) is 24.2 Å². The van der Waals surface area contributed by atoms with E-state index in [2.05, 4.69) is 9.97 Å². The second-order valence-electron chi connectivity index (χ2n) is 6.08. The van der Waals surface area contributed by atoms with Gasteiger partial charge in [0, 0.05) is 61.1 Å². The Kier molecular flexibility index (Phi) is 4.55. The number of rotatable bonds is 2. The SMILES string of the molecule is C[C@@H]1CN(C(=O)c2ccncc2)[C@@H](C)CN1C(=O)c1ccncc1. The predicted molar refractivity (Wildman–Crippen MR) is 89.5 cm³/mol. The average Bonchev–Trinajstić information content (AvgIpc) is 2.63. The number of carbonyl (C=O) groups is 2. The van der Waals surface area contributed by atoms with Crippen LogP contribution in [0.25, 0.3) is 0 Å². The van der Waals surface area contributed by atoms with Crippen LogP contribution < -0.4 is 0 Å². The van der Waals surface area contributed by atoms with E-state index >= 15 is 0 Å². The van der Waals surface area contributed by atoms with E-state index in [1.807, 2.05) is 23.6 Å². The molecule has 0 unspecified atom stereocenters. The van der Waals surface area contributed by atoms with Crippen molar-refractivity contribution in [3.8, 4) is 0 Å². The van der Waals surface area contributed by atoms with E-state index < -0.39 is 0 Å². The first-order chi connectivity index (χ1) is 11.6. The molecule has 0 saturated carbocycles. The Balaban J connectivity index is 1.75. The minimum Gasteiger partial charge on any atom is -0.332 e. The van der Waals surface area contributed by atoms with Crippen molar-refractivity contribution in [2.45, 2.75) is 25.9 Å². The largest absolute Gasteiger partial charge is 0.332 e. The summed E-state index contributed by atoms with van der Waals surface area (Å²) in [5.41, 5.74) is 1.25. The molecule has 6 nitrogen and oxygen atoms in total. The molecule has 1 saturated heterocycles. The van der Waals surface area contributed by atoms with Gasteiger partial charge in [-0.2, -0.15) is 0 Å². The summed E-state index contributed by atoms with van der Waals surface area (Å²) in [7, 11) is 0. The van der Waals surface area contributed by atoms with Crippen LogP contribution >= 0.6 is 0 Å². The minimum absolute atomic E-state index is 0.0206. The maximum atomic E-state index is 12.7. The molecule has 0 aromatic carbocycles. The van der Waals surface area contributed by atoms with Gasteiger partial charge in [0.15, 0.2) is 0 Å². The fourth-order valence-corrected chi connectivity index (χ4v) is 3.01. The Bertz CT molecular complexity index is 657. The average molecular weight is 324 g/mol. The van der Waals surface area contributed by atoms with Crippen LogP contribution in [0.3, 0.4) is 0 Å². The van der Waals surface area contributed by atoms with E-state index in [1.165, 1.54) is 0 Å². The number of amides is 2. The monoisotopic (exact) mass is 324 g/mol. The molecule has 1 aliphatic heterocycles. The Morgan fingerprint density at radius 1 is 0.792 bits per heavy atom. The van der Waals surface area contributed by atoms with E-state index in [0.717, 1.165) is 0 Å². The fraction of sp³-hybridized carbons (Fsp3) is 0.333. The van der Waals surface area contributed by atoms with Gasteiger partial charge in [-0.05, 0) is 38.1 Å². The highest BCUT2D eigenvalue weighted by Gasteiger charge is 2.35. The highest BCUT2D eigenvalue weighted by atomic mass is 16.2. The standard InChI is InChI=1S/C18H20N4O2/c1-13-11-22(18(24)16-5-9-20-10-6-16)14(2)12-21(13)17(23)15-3-7-19-8-4-15/h3-10,13-14H,11-12H2,1-2H3/t13-,14+. The van der Waals surface area contributed by atoms with Crippen LogP contribution in [0.2, 0.25) is 0 Å². The zero-order valence-electron chi connectivity index (χ0n) is 13.8. The quantitative estimate of drug-likeness (QED) is 0.845. The lowest BCUT2D eigenvalue weighted by molar-refractivity contribution is 0.0270. The van der Waals surface area contributed by atoms with Crippen molar-refractivity contribution in [2.75, 3.05) is 13.1 Å². The van der Waals surface area contributed by atoms with Gasteiger partial charge >= 0.3 is 0 Å². The molecule has 3 heterocycles. The zero-order chi connectivity index (χ0) is 17.1. The van der Waals surface area contributed by atoms with Gasteiger partial charge in [-0.15, -0.1) is 0 Å². The van der Waals surface area contributed by atoms with Crippen molar-refractivity contribution in [2.24, 2.45) is 0 Å². The van der Waals surface area contributed by atoms with Crippen molar-refractivity contribution < 1.29 is 9.59 Å². The van der Waals surface area contributed by atoms with Crippen molar-refractivity contribution in [3.63, 3.8) is 0 Å². The number of hydrogen-bond acceptors (Lipinski definition) is 4. The molecule has 0 aliphatic carbocycles. The van der Waals surface area contributed by atoms with E-state index in [4.69, 9.17) is 0 Å². The summed E-state index contributed by atoms with van der Waals surface area (Å²) in [6, 6.07) is 6.77. The lowest BCUT2D eigenvalue weighted by atomic mass is 10.1. The molecule has 24 heavy (non-hydrogen) atoms. The molecule has 0 radical (unpaired) electrons. The molecule has 124 valence electrons. The van der Waals surface area contributed by atoms with Crippen LogP contribution in [0, 0.1) is 0 Å². The lowest BCUT2D eigenvalue weighted by Gasteiger charge is -2.44. The Morgan fingerprint density at radius 2 is 1.12 bits per heavy atom. The molecular formula is C18H20N4O2. The molecule has 2 amide bonds. The Morgan fingerprint density at radius 3 is 1.46 bits per heavy atom. The molecule has 3 rings (SSSR count). The van der Waals surface area contributed by atoms with Crippen LogP contribution in [0.15, 0.2) is 49.1 Å². The van der Waals surface area contributed by atoms with Crippen LogP contribution in [0.1, 0.15) is 34.6 Å². The fourth-order valence-electron chi connectivity index (χ4n) is 3.01. The van der Waals surface area contributed by atoms with Gasteiger partial charge in [0.2, 0.25) is 0 Å². The molecule has 2 aromatic heterocycles. The molecule has 1 aliphatic rings. The highest BCUT2D eigenvalue weighted by molar-refractivity contribution is 5.96. The summed E-state index contributed by atoms with van der Waals surface area (Å²) in [4.78, 5) is 36.9. The number of pyridine rings is 2. The maximum absolute atomic E-state index is 12.7. The Hall–Kier alpha value is -2.76. The maximum Gasteiger partial charge on any atom is 0.254 e. The summed E-state index contributed by atoms with van der Waals surface area (Å²) in [6.07, 6.45) is 6.46. The molecular weight excluding hydrogens is 304 g/mol. The van der Waals surface area contributed by atoms with Crippen LogP contribution in [-0.2, 0) is 0 Å². The van der Waals surface area contributed by atoms with Crippen LogP contribution in [0.5, 0.6) is 0 Å².